The van der Waals surface area contributed by atoms with E-state index < -0.39 is 0 Å². The number of aliphatic imine (C=N–C) groups is 2. The predicted molar refractivity (Wildman–Crippen MR) is 137 cm³/mol. The van der Waals surface area contributed by atoms with E-state index in [2.05, 4.69) is 9.98 Å². The lowest BCUT2D eigenvalue weighted by molar-refractivity contribution is 0.551. The second-order valence-electron chi connectivity index (χ2n) is 6.80. The largest absolute Gasteiger partial charge is 0.370 e. The normalized spacial score (nSPS) is 11.5. The lowest BCUT2D eigenvalue weighted by atomic mass is 10.1. The highest BCUT2D eigenvalue weighted by Gasteiger charge is 1.96. The molecule has 0 amide bonds. The molecule has 0 aromatic heterocycles. The summed E-state index contributed by atoms with van der Waals surface area (Å²) in [5, 5.41) is 0. The Labute approximate surface area is 195 Å². The molecule has 0 saturated heterocycles. The average Bonchev–Trinajstić information content (AvgIpc) is 2.54. The van der Waals surface area contributed by atoms with Gasteiger partial charge in [-0.3, -0.25) is 9.98 Å². The predicted octanol–water partition coefficient (Wildman–Crippen LogP) is 3.88. The van der Waals surface area contributed by atoms with E-state index in [0.29, 0.717) is 11.9 Å². The van der Waals surface area contributed by atoms with E-state index in [1.165, 1.54) is 51.4 Å². The Balaban J connectivity index is -0.00000264. The first-order valence-corrected chi connectivity index (χ1v) is 9.39. The SMILES string of the molecule is CN(C)C(N)=NCCCCCCCCCCCCN=C(N)N(C)C.I.I. The van der Waals surface area contributed by atoms with Gasteiger partial charge < -0.3 is 21.3 Å². The molecular weight excluding hydrogens is 554 g/mol. The van der Waals surface area contributed by atoms with Gasteiger partial charge in [0.1, 0.15) is 0 Å². The van der Waals surface area contributed by atoms with E-state index in [0.717, 1.165) is 25.9 Å². The van der Waals surface area contributed by atoms with Crippen LogP contribution in [-0.4, -0.2) is 63.0 Å². The van der Waals surface area contributed by atoms with Gasteiger partial charge in [0.2, 0.25) is 0 Å². The number of hydrogen-bond acceptors (Lipinski definition) is 2. The fourth-order valence-electron chi connectivity index (χ4n) is 2.31. The maximum atomic E-state index is 5.74. The Morgan fingerprint density at radius 2 is 0.769 bits per heavy atom. The van der Waals surface area contributed by atoms with Crippen molar-refractivity contribution in [1.29, 1.82) is 0 Å². The van der Waals surface area contributed by atoms with Gasteiger partial charge in [-0.15, -0.1) is 48.0 Å². The van der Waals surface area contributed by atoms with Crippen molar-refractivity contribution in [3.63, 3.8) is 0 Å². The van der Waals surface area contributed by atoms with Gasteiger partial charge in [-0.1, -0.05) is 51.4 Å². The van der Waals surface area contributed by atoms with Gasteiger partial charge in [0.05, 0.1) is 0 Å². The van der Waals surface area contributed by atoms with Crippen LogP contribution in [-0.2, 0) is 0 Å². The molecule has 0 aromatic carbocycles. The summed E-state index contributed by atoms with van der Waals surface area (Å²) in [4.78, 5) is 12.4. The van der Waals surface area contributed by atoms with Crippen LogP contribution in [0.25, 0.3) is 0 Å². The quantitative estimate of drug-likeness (QED) is 0.147. The molecule has 0 aliphatic carbocycles. The van der Waals surface area contributed by atoms with Crippen LogP contribution < -0.4 is 11.5 Å². The standard InChI is InChI=1S/C18H40N6.2HI/c1-23(2)17(19)21-15-13-11-9-7-5-6-8-10-12-14-16-22-18(20)24(3)4;;/h5-16H2,1-4H3,(H2,19,21)(H2,20,22);2*1H. The van der Waals surface area contributed by atoms with Crippen molar-refractivity contribution in [1.82, 2.24) is 9.80 Å². The molecule has 0 saturated carbocycles. The summed E-state index contributed by atoms with van der Waals surface area (Å²) in [5.41, 5.74) is 11.5. The third kappa shape index (κ3) is 20.3. The zero-order valence-corrected chi connectivity index (χ0v) is 21.9. The van der Waals surface area contributed by atoms with Crippen LogP contribution in [0.5, 0.6) is 0 Å². The zero-order chi connectivity index (χ0) is 18.2. The lowest BCUT2D eigenvalue weighted by Crippen LogP contribution is -2.30. The van der Waals surface area contributed by atoms with Crippen LogP contribution >= 0.6 is 48.0 Å². The van der Waals surface area contributed by atoms with Crippen molar-refractivity contribution in [2.45, 2.75) is 64.2 Å². The van der Waals surface area contributed by atoms with Crippen molar-refractivity contribution in [2.75, 3.05) is 41.3 Å². The van der Waals surface area contributed by atoms with Crippen molar-refractivity contribution in [3.8, 4) is 0 Å². The van der Waals surface area contributed by atoms with Gasteiger partial charge in [0.25, 0.3) is 0 Å². The lowest BCUT2D eigenvalue weighted by Gasteiger charge is -2.10. The summed E-state index contributed by atoms with van der Waals surface area (Å²) in [5.74, 6) is 1.26. The summed E-state index contributed by atoms with van der Waals surface area (Å²) in [6.45, 7) is 1.70. The first-order chi connectivity index (χ1) is 11.4. The van der Waals surface area contributed by atoms with Crippen molar-refractivity contribution >= 4 is 59.9 Å². The zero-order valence-electron chi connectivity index (χ0n) is 17.2. The van der Waals surface area contributed by atoms with Crippen LogP contribution in [0.4, 0.5) is 0 Å². The van der Waals surface area contributed by atoms with Crippen LogP contribution in [0.1, 0.15) is 64.2 Å². The number of nitrogens with two attached hydrogens (primary N) is 2. The third-order valence-electron chi connectivity index (χ3n) is 4.03. The number of halogens is 2. The van der Waals surface area contributed by atoms with Crippen LogP contribution in [0.2, 0.25) is 0 Å². The van der Waals surface area contributed by atoms with Gasteiger partial charge >= 0.3 is 0 Å². The summed E-state index contributed by atoms with van der Waals surface area (Å²) in [7, 11) is 7.69. The average molecular weight is 596 g/mol. The number of hydrogen-bond donors (Lipinski definition) is 2. The minimum atomic E-state index is 0. The summed E-state index contributed by atoms with van der Waals surface area (Å²) in [6, 6.07) is 0. The van der Waals surface area contributed by atoms with Crippen molar-refractivity contribution < 1.29 is 0 Å². The monoisotopic (exact) mass is 596 g/mol. The van der Waals surface area contributed by atoms with E-state index in [1.54, 1.807) is 0 Å². The molecule has 8 heteroatoms. The van der Waals surface area contributed by atoms with Gasteiger partial charge in [-0.2, -0.15) is 0 Å². The summed E-state index contributed by atoms with van der Waals surface area (Å²) >= 11 is 0. The maximum absolute atomic E-state index is 5.74. The fourth-order valence-corrected chi connectivity index (χ4v) is 2.31. The van der Waals surface area contributed by atoms with E-state index in [9.17, 15) is 0 Å². The van der Waals surface area contributed by atoms with Crippen molar-refractivity contribution in [3.05, 3.63) is 0 Å². The molecule has 0 atom stereocenters. The molecular formula is C18H42I2N6. The number of nitrogens with zero attached hydrogens (tertiary/aromatic N) is 4. The topological polar surface area (TPSA) is 83.2 Å². The Morgan fingerprint density at radius 3 is 1.00 bits per heavy atom. The molecule has 6 nitrogen and oxygen atoms in total. The molecule has 0 rings (SSSR count). The highest BCUT2D eigenvalue weighted by molar-refractivity contribution is 14.0. The molecule has 0 unspecified atom stereocenters. The molecule has 0 radical (unpaired) electrons. The highest BCUT2D eigenvalue weighted by atomic mass is 127. The first kappa shape index (κ1) is 30.7. The number of rotatable bonds is 13. The van der Waals surface area contributed by atoms with E-state index in [4.69, 9.17) is 11.5 Å². The highest BCUT2D eigenvalue weighted by Crippen LogP contribution is 2.10. The molecule has 0 aliphatic rings. The van der Waals surface area contributed by atoms with Gasteiger partial charge in [-0.25, -0.2) is 0 Å². The van der Waals surface area contributed by atoms with E-state index in [-0.39, 0.29) is 48.0 Å². The number of unbranched alkanes of at least 4 members (excludes halogenated alkanes) is 9. The molecule has 0 aromatic rings. The summed E-state index contributed by atoms with van der Waals surface area (Å²) in [6.07, 6.45) is 12.8. The Hall–Kier alpha value is 0. The Bertz CT molecular complexity index is 326. The Kier molecular flexibility index (Phi) is 25.2. The smallest absolute Gasteiger partial charge is 0.190 e. The second-order valence-corrected chi connectivity index (χ2v) is 6.80. The molecule has 0 aliphatic heterocycles. The van der Waals surface area contributed by atoms with E-state index in [1.807, 2.05) is 38.0 Å². The molecule has 0 fully saturated rings. The van der Waals surface area contributed by atoms with Crippen LogP contribution in [0.15, 0.2) is 9.98 Å². The van der Waals surface area contributed by atoms with Crippen LogP contribution in [0.3, 0.4) is 0 Å². The number of guanidine groups is 2. The Morgan fingerprint density at radius 1 is 0.538 bits per heavy atom. The molecule has 26 heavy (non-hydrogen) atoms. The van der Waals surface area contributed by atoms with E-state index >= 15 is 0 Å². The molecule has 158 valence electrons. The molecule has 4 N–H and O–H groups in total. The molecule has 0 spiro atoms. The van der Waals surface area contributed by atoms with Crippen molar-refractivity contribution in [2.24, 2.45) is 21.5 Å². The summed E-state index contributed by atoms with van der Waals surface area (Å²) < 4.78 is 0. The molecule has 0 bridgehead atoms. The van der Waals surface area contributed by atoms with Gasteiger partial charge in [0, 0.05) is 41.3 Å². The molecule has 0 heterocycles. The third-order valence-corrected chi connectivity index (χ3v) is 4.03. The van der Waals surface area contributed by atoms with Gasteiger partial charge in [0.15, 0.2) is 11.9 Å². The fraction of sp³-hybridized carbons (Fsp3) is 0.889. The maximum Gasteiger partial charge on any atom is 0.190 e. The van der Waals surface area contributed by atoms with Crippen LogP contribution in [0, 0.1) is 0 Å². The van der Waals surface area contributed by atoms with Gasteiger partial charge in [-0.05, 0) is 12.8 Å². The minimum absolute atomic E-state index is 0. The first-order valence-electron chi connectivity index (χ1n) is 9.39. The second kappa shape index (κ2) is 21.3. The minimum Gasteiger partial charge on any atom is -0.370 e.